The van der Waals surface area contributed by atoms with Gasteiger partial charge in [-0.25, -0.2) is 0 Å². The smallest absolute Gasteiger partial charge is 0.239 e. The van der Waals surface area contributed by atoms with E-state index in [2.05, 4.69) is 5.32 Å². The maximum Gasteiger partial charge on any atom is 0.239 e. The second-order valence-electron chi connectivity index (χ2n) is 4.82. The molecule has 4 nitrogen and oxygen atoms in total. The molecular formula is C15H22Cl2N2O2. The lowest BCUT2D eigenvalue weighted by Crippen LogP contribution is -2.45. The molecule has 0 spiro atoms. The number of carbonyl (C=O) groups is 1. The van der Waals surface area contributed by atoms with Gasteiger partial charge in [0.25, 0.3) is 0 Å². The van der Waals surface area contributed by atoms with E-state index in [1.165, 1.54) is 0 Å². The predicted octanol–water partition coefficient (Wildman–Crippen LogP) is 2.87. The first-order valence-corrected chi connectivity index (χ1v) is 7.81. The Kier molecular flexibility index (Phi) is 7.46. The molecule has 2 atom stereocenters. The molecule has 0 saturated heterocycles. The average Bonchev–Trinajstić information content (AvgIpc) is 2.47. The number of hydrogen-bond donors (Lipinski definition) is 2. The highest BCUT2D eigenvalue weighted by Crippen LogP contribution is 2.26. The summed E-state index contributed by atoms with van der Waals surface area (Å²) in [5.74, 6) is 0.0180. The average molecular weight is 333 g/mol. The molecule has 0 radical (unpaired) electrons. The lowest BCUT2D eigenvalue weighted by atomic mass is 10.1. The highest BCUT2D eigenvalue weighted by Gasteiger charge is 2.19. The third kappa shape index (κ3) is 5.15. The molecule has 1 amide bonds. The zero-order valence-corrected chi connectivity index (χ0v) is 14.1. The van der Waals surface area contributed by atoms with Gasteiger partial charge in [0.1, 0.15) is 0 Å². The standard InChI is InChI=1S/C15H22Cl2N2O2/c1-4-19(5-2)15(21)10(3)18-9-14(20)12-8-11(16)6-7-13(12)17/h6-8,10,14,18,20H,4-5,9H2,1-3H3. The highest BCUT2D eigenvalue weighted by atomic mass is 35.5. The molecule has 0 saturated carbocycles. The topological polar surface area (TPSA) is 52.6 Å². The summed E-state index contributed by atoms with van der Waals surface area (Å²) < 4.78 is 0. The van der Waals surface area contributed by atoms with Crippen molar-refractivity contribution in [1.82, 2.24) is 10.2 Å². The Balaban J connectivity index is 2.62. The van der Waals surface area contributed by atoms with Gasteiger partial charge in [-0.1, -0.05) is 23.2 Å². The Bertz CT molecular complexity index is 479. The van der Waals surface area contributed by atoms with E-state index in [1.54, 1.807) is 30.0 Å². The maximum atomic E-state index is 12.1. The normalized spacial score (nSPS) is 13.8. The molecule has 1 aromatic carbocycles. The van der Waals surface area contributed by atoms with E-state index in [9.17, 15) is 9.90 Å². The van der Waals surface area contributed by atoms with Crippen molar-refractivity contribution in [1.29, 1.82) is 0 Å². The summed E-state index contributed by atoms with van der Waals surface area (Å²) in [5, 5.41) is 14.2. The molecule has 0 aromatic heterocycles. The second kappa shape index (κ2) is 8.59. The molecule has 1 aromatic rings. The number of rotatable bonds is 7. The van der Waals surface area contributed by atoms with Crippen LogP contribution in [0.2, 0.25) is 10.0 Å². The predicted molar refractivity (Wildman–Crippen MR) is 86.8 cm³/mol. The summed E-state index contributed by atoms with van der Waals surface area (Å²) in [5.41, 5.74) is 0.555. The van der Waals surface area contributed by atoms with Crippen molar-refractivity contribution in [3.63, 3.8) is 0 Å². The van der Waals surface area contributed by atoms with Crippen molar-refractivity contribution in [3.05, 3.63) is 33.8 Å². The Hall–Kier alpha value is -0.810. The van der Waals surface area contributed by atoms with Gasteiger partial charge in [-0.2, -0.15) is 0 Å². The summed E-state index contributed by atoms with van der Waals surface area (Å²) in [6, 6.07) is 4.58. The number of nitrogens with one attached hydrogen (secondary N) is 1. The van der Waals surface area contributed by atoms with Crippen LogP contribution in [0, 0.1) is 0 Å². The summed E-state index contributed by atoms with van der Waals surface area (Å²) in [6.45, 7) is 7.23. The quantitative estimate of drug-likeness (QED) is 0.807. The van der Waals surface area contributed by atoms with Gasteiger partial charge in [0.05, 0.1) is 12.1 Å². The fourth-order valence-corrected chi connectivity index (χ4v) is 2.49. The second-order valence-corrected chi connectivity index (χ2v) is 5.67. The van der Waals surface area contributed by atoms with Crippen molar-refractivity contribution in [2.45, 2.75) is 32.9 Å². The largest absolute Gasteiger partial charge is 0.387 e. The molecule has 0 aliphatic rings. The third-order valence-electron chi connectivity index (χ3n) is 3.38. The molecule has 1 rings (SSSR count). The lowest BCUT2D eigenvalue weighted by Gasteiger charge is -2.24. The van der Waals surface area contributed by atoms with Crippen LogP contribution >= 0.6 is 23.2 Å². The summed E-state index contributed by atoms with van der Waals surface area (Å²) in [4.78, 5) is 13.9. The van der Waals surface area contributed by atoms with Gasteiger partial charge in [-0.05, 0) is 39.0 Å². The van der Waals surface area contributed by atoms with Crippen LogP contribution in [-0.4, -0.2) is 41.6 Å². The van der Waals surface area contributed by atoms with Crippen LogP contribution in [0.25, 0.3) is 0 Å². The van der Waals surface area contributed by atoms with Crippen molar-refractivity contribution in [3.8, 4) is 0 Å². The highest BCUT2D eigenvalue weighted by molar-refractivity contribution is 6.33. The van der Waals surface area contributed by atoms with E-state index in [4.69, 9.17) is 23.2 Å². The minimum Gasteiger partial charge on any atom is -0.387 e. The van der Waals surface area contributed by atoms with E-state index in [1.807, 2.05) is 13.8 Å². The number of aliphatic hydroxyl groups excluding tert-OH is 1. The summed E-state index contributed by atoms with van der Waals surface area (Å²) in [7, 11) is 0. The number of aliphatic hydroxyl groups is 1. The van der Waals surface area contributed by atoms with Gasteiger partial charge in [0.15, 0.2) is 0 Å². The van der Waals surface area contributed by atoms with E-state index < -0.39 is 6.10 Å². The minimum atomic E-state index is -0.817. The van der Waals surface area contributed by atoms with Crippen LogP contribution in [0.1, 0.15) is 32.4 Å². The first-order chi connectivity index (χ1) is 9.90. The van der Waals surface area contributed by atoms with Crippen LogP contribution in [0.15, 0.2) is 18.2 Å². The van der Waals surface area contributed by atoms with Gasteiger partial charge in [0, 0.05) is 35.2 Å². The molecule has 2 N–H and O–H groups in total. The number of amides is 1. The first-order valence-electron chi connectivity index (χ1n) is 7.05. The van der Waals surface area contributed by atoms with Crippen LogP contribution in [0.4, 0.5) is 0 Å². The Labute approximate surface area is 136 Å². The summed E-state index contributed by atoms with van der Waals surface area (Å²) >= 11 is 11.9. The Morgan fingerprint density at radius 2 is 1.95 bits per heavy atom. The van der Waals surface area contributed by atoms with Gasteiger partial charge >= 0.3 is 0 Å². The lowest BCUT2D eigenvalue weighted by molar-refractivity contribution is -0.132. The van der Waals surface area contributed by atoms with Gasteiger partial charge in [-0.15, -0.1) is 0 Å². The zero-order valence-electron chi connectivity index (χ0n) is 12.6. The maximum absolute atomic E-state index is 12.1. The number of likely N-dealkylation sites (N-methyl/N-ethyl adjacent to an activating group) is 1. The number of benzene rings is 1. The number of halogens is 2. The molecule has 21 heavy (non-hydrogen) atoms. The third-order valence-corrected chi connectivity index (χ3v) is 3.96. The molecule has 0 aliphatic carbocycles. The zero-order chi connectivity index (χ0) is 16.0. The van der Waals surface area contributed by atoms with Crippen molar-refractivity contribution in [2.75, 3.05) is 19.6 Å². The monoisotopic (exact) mass is 332 g/mol. The first kappa shape index (κ1) is 18.2. The summed E-state index contributed by atoms with van der Waals surface area (Å²) in [6.07, 6.45) is -0.817. The van der Waals surface area contributed by atoms with Crippen LogP contribution in [0.5, 0.6) is 0 Å². The van der Waals surface area contributed by atoms with Crippen LogP contribution in [-0.2, 0) is 4.79 Å². The molecule has 2 unspecified atom stereocenters. The SMILES string of the molecule is CCN(CC)C(=O)C(C)NCC(O)c1cc(Cl)ccc1Cl. The number of carbonyl (C=O) groups excluding carboxylic acids is 1. The molecule has 6 heteroatoms. The van der Waals surface area contributed by atoms with E-state index in [-0.39, 0.29) is 18.5 Å². The molecule has 0 fully saturated rings. The van der Waals surface area contributed by atoms with Gasteiger partial charge in [0.2, 0.25) is 5.91 Å². The molecule has 0 bridgehead atoms. The number of nitrogens with zero attached hydrogens (tertiary/aromatic N) is 1. The minimum absolute atomic E-state index is 0.0180. The Morgan fingerprint density at radius 3 is 2.52 bits per heavy atom. The molecule has 118 valence electrons. The molecular weight excluding hydrogens is 311 g/mol. The molecule has 0 heterocycles. The van der Waals surface area contributed by atoms with Crippen molar-refractivity contribution >= 4 is 29.1 Å². The van der Waals surface area contributed by atoms with Crippen molar-refractivity contribution < 1.29 is 9.90 Å². The van der Waals surface area contributed by atoms with E-state index in [0.717, 1.165) is 0 Å². The van der Waals surface area contributed by atoms with Crippen LogP contribution < -0.4 is 5.32 Å². The van der Waals surface area contributed by atoms with E-state index in [0.29, 0.717) is 28.7 Å². The number of hydrogen-bond acceptors (Lipinski definition) is 3. The van der Waals surface area contributed by atoms with Crippen LogP contribution in [0.3, 0.4) is 0 Å². The fraction of sp³-hybridized carbons (Fsp3) is 0.533. The van der Waals surface area contributed by atoms with Crippen molar-refractivity contribution in [2.24, 2.45) is 0 Å². The molecule has 0 aliphatic heterocycles. The Morgan fingerprint density at radius 1 is 1.33 bits per heavy atom. The fourth-order valence-electron chi connectivity index (χ4n) is 2.06. The van der Waals surface area contributed by atoms with Gasteiger partial charge in [-0.3, -0.25) is 4.79 Å². The van der Waals surface area contributed by atoms with E-state index >= 15 is 0 Å². The van der Waals surface area contributed by atoms with Gasteiger partial charge < -0.3 is 15.3 Å².